The molecule has 2 N–H and O–H groups in total. The van der Waals surface area contributed by atoms with Crippen LogP contribution in [0.15, 0.2) is 28.7 Å². The summed E-state index contributed by atoms with van der Waals surface area (Å²) in [7, 11) is 0. The fraction of sp³-hybridized carbons (Fsp3) is 0.250. The average molecular weight is 297 g/mol. The lowest BCUT2D eigenvalue weighted by Gasteiger charge is -2.05. The fourth-order valence-electron chi connectivity index (χ4n) is 1.55. The van der Waals surface area contributed by atoms with Crippen molar-refractivity contribution in [2.24, 2.45) is 0 Å². The van der Waals surface area contributed by atoms with Gasteiger partial charge in [-0.25, -0.2) is 4.98 Å². The maximum Gasteiger partial charge on any atom is 0.180 e. The Morgan fingerprint density at radius 1 is 1.25 bits per heavy atom. The molecule has 2 nitrogen and oxygen atoms in total. The maximum absolute atomic E-state index is 5.78. The van der Waals surface area contributed by atoms with E-state index in [-0.39, 0.29) is 0 Å². The van der Waals surface area contributed by atoms with Crippen LogP contribution in [0.25, 0.3) is 11.3 Å². The van der Waals surface area contributed by atoms with E-state index in [0.29, 0.717) is 11.0 Å². The van der Waals surface area contributed by atoms with Crippen molar-refractivity contribution in [1.82, 2.24) is 4.98 Å². The standard InChI is InChI=1S/C12H13BrN2S/c1-7(2)11-10(15-12(14)16-11)8-3-5-9(13)6-4-8/h3-7H,1-2H3,(H2,14,15). The third-order valence-electron chi connectivity index (χ3n) is 2.31. The molecule has 0 fully saturated rings. The minimum Gasteiger partial charge on any atom is -0.375 e. The number of nitrogens with zero attached hydrogens (tertiary/aromatic N) is 1. The molecule has 0 atom stereocenters. The van der Waals surface area contributed by atoms with Crippen molar-refractivity contribution in [2.75, 3.05) is 5.73 Å². The minimum absolute atomic E-state index is 0.452. The molecule has 1 aromatic carbocycles. The molecule has 1 heterocycles. The van der Waals surface area contributed by atoms with Crippen LogP contribution in [0.4, 0.5) is 5.13 Å². The SMILES string of the molecule is CC(C)c1sc(N)nc1-c1ccc(Br)cc1. The Balaban J connectivity index is 2.50. The number of aromatic nitrogens is 1. The second kappa shape index (κ2) is 4.55. The van der Waals surface area contributed by atoms with Crippen LogP contribution >= 0.6 is 27.3 Å². The second-order valence-corrected chi connectivity index (χ2v) is 5.90. The lowest BCUT2D eigenvalue weighted by molar-refractivity contribution is 0.888. The normalized spacial score (nSPS) is 11.0. The highest BCUT2D eigenvalue weighted by Crippen LogP contribution is 2.35. The monoisotopic (exact) mass is 296 g/mol. The number of nitrogens with two attached hydrogens (primary N) is 1. The molecule has 0 spiro atoms. The lowest BCUT2D eigenvalue weighted by Crippen LogP contribution is -1.88. The van der Waals surface area contributed by atoms with Crippen LogP contribution in [0.5, 0.6) is 0 Å². The first-order valence-corrected chi connectivity index (χ1v) is 6.71. The third kappa shape index (κ3) is 2.28. The molecule has 0 aliphatic heterocycles. The highest BCUT2D eigenvalue weighted by Gasteiger charge is 2.14. The van der Waals surface area contributed by atoms with Gasteiger partial charge < -0.3 is 5.73 Å². The van der Waals surface area contributed by atoms with Crippen molar-refractivity contribution in [3.63, 3.8) is 0 Å². The van der Waals surface area contributed by atoms with E-state index in [1.54, 1.807) is 11.3 Å². The van der Waals surface area contributed by atoms with Crippen LogP contribution in [-0.4, -0.2) is 4.98 Å². The predicted molar refractivity (Wildman–Crippen MR) is 73.8 cm³/mol. The molecule has 0 unspecified atom stereocenters. The Kier molecular flexibility index (Phi) is 3.30. The van der Waals surface area contributed by atoms with E-state index in [1.165, 1.54) is 4.88 Å². The molecule has 16 heavy (non-hydrogen) atoms. The van der Waals surface area contributed by atoms with E-state index in [4.69, 9.17) is 5.73 Å². The topological polar surface area (TPSA) is 38.9 Å². The molecule has 0 aliphatic carbocycles. The minimum atomic E-state index is 0.452. The number of hydrogen-bond acceptors (Lipinski definition) is 3. The van der Waals surface area contributed by atoms with Crippen molar-refractivity contribution in [1.29, 1.82) is 0 Å². The Bertz CT molecular complexity index is 488. The second-order valence-electron chi connectivity index (χ2n) is 3.93. The smallest absolute Gasteiger partial charge is 0.180 e. The summed E-state index contributed by atoms with van der Waals surface area (Å²) in [5, 5.41) is 0.640. The van der Waals surface area contributed by atoms with Gasteiger partial charge in [-0.1, -0.05) is 41.9 Å². The van der Waals surface area contributed by atoms with Gasteiger partial charge in [-0.15, -0.1) is 11.3 Å². The summed E-state index contributed by atoms with van der Waals surface area (Å²) in [6.45, 7) is 4.32. The van der Waals surface area contributed by atoms with E-state index < -0.39 is 0 Å². The largest absolute Gasteiger partial charge is 0.375 e. The number of thiazole rings is 1. The fourth-order valence-corrected chi connectivity index (χ4v) is 2.68. The molecule has 2 aromatic rings. The van der Waals surface area contributed by atoms with E-state index >= 15 is 0 Å². The summed E-state index contributed by atoms with van der Waals surface area (Å²) < 4.78 is 1.07. The summed E-state index contributed by atoms with van der Waals surface area (Å²) in [6, 6.07) is 8.17. The van der Waals surface area contributed by atoms with Gasteiger partial charge in [0.15, 0.2) is 5.13 Å². The van der Waals surface area contributed by atoms with Crippen LogP contribution in [0.2, 0.25) is 0 Å². The summed E-state index contributed by atoms with van der Waals surface area (Å²) in [5.74, 6) is 0.452. The number of anilines is 1. The molecular formula is C12H13BrN2S. The third-order valence-corrected chi connectivity index (χ3v) is 4.03. The van der Waals surface area contributed by atoms with Gasteiger partial charge in [0.2, 0.25) is 0 Å². The average Bonchev–Trinajstić information content (AvgIpc) is 2.61. The Hall–Kier alpha value is -0.870. The quantitative estimate of drug-likeness (QED) is 0.898. The molecule has 0 aliphatic rings. The van der Waals surface area contributed by atoms with Crippen LogP contribution < -0.4 is 5.73 Å². The molecule has 4 heteroatoms. The lowest BCUT2D eigenvalue weighted by atomic mass is 10.1. The first-order valence-electron chi connectivity index (χ1n) is 5.10. The number of halogens is 1. The number of nitrogen functional groups attached to an aromatic ring is 1. The number of hydrogen-bond donors (Lipinski definition) is 1. The van der Waals surface area contributed by atoms with E-state index in [9.17, 15) is 0 Å². The molecule has 84 valence electrons. The zero-order valence-corrected chi connectivity index (χ0v) is 11.6. The summed E-state index contributed by atoms with van der Waals surface area (Å²) in [4.78, 5) is 5.66. The van der Waals surface area contributed by atoms with Crippen LogP contribution in [0.1, 0.15) is 24.6 Å². The Morgan fingerprint density at radius 2 is 1.88 bits per heavy atom. The van der Waals surface area contributed by atoms with Gasteiger partial charge in [0.1, 0.15) is 0 Å². The zero-order valence-electron chi connectivity index (χ0n) is 9.20. The van der Waals surface area contributed by atoms with Gasteiger partial charge in [0.25, 0.3) is 0 Å². The zero-order chi connectivity index (χ0) is 11.7. The van der Waals surface area contributed by atoms with Crippen LogP contribution in [0.3, 0.4) is 0 Å². The Labute approximate surface area is 108 Å². The van der Waals surface area contributed by atoms with Crippen molar-refractivity contribution >= 4 is 32.4 Å². The number of rotatable bonds is 2. The van der Waals surface area contributed by atoms with Crippen molar-refractivity contribution < 1.29 is 0 Å². The van der Waals surface area contributed by atoms with E-state index in [2.05, 4.69) is 46.9 Å². The van der Waals surface area contributed by atoms with Crippen LogP contribution in [0, 0.1) is 0 Å². The van der Waals surface area contributed by atoms with Crippen LogP contribution in [-0.2, 0) is 0 Å². The summed E-state index contributed by atoms with van der Waals surface area (Å²) in [6.07, 6.45) is 0. The Morgan fingerprint density at radius 3 is 2.44 bits per heavy atom. The van der Waals surface area contributed by atoms with Crippen molar-refractivity contribution in [3.05, 3.63) is 33.6 Å². The van der Waals surface area contributed by atoms with Gasteiger partial charge in [-0.05, 0) is 18.1 Å². The van der Waals surface area contributed by atoms with Gasteiger partial charge in [-0.3, -0.25) is 0 Å². The first kappa shape index (κ1) is 11.6. The molecule has 1 aromatic heterocycles. The van der Waals surface area contributed by atoms with Crippen molar-refractivity contribution in [2.45, 2.75) is 19.8 Å². The molecule has 0 amide bonds. The molecule has 0 saturated carbocycles. The summed E-state index contributed by atoms with van der Waals surface area (Å²) >= 11 is 5.00. The molecule has 0 radical (unpaired) electrons. The van der Waals surface area contributed by atoms with Gasteiger partial charge in [-0.2, -0.15) is 0 Å². The van der Waals surface area contributed by atoms with Gasteiger partial charge in [0, 0.05) is 14.9 Å². The molecule has 0 bridgehead atoms. The van der Waals surface area contributed by atoms with Gasteiger partial charge >= 0.3 is 0 Å². The molecular weight excluding hydrogens is 284 g/mol. The van der Waals surface area contributed by atoms with Crippen molar-refractivity contribution in [3.8, 4) is 11.3 Å². The molecule has 2 rings (SSSR count). The summed E-state index contributed by atoms with van der Waals surface area (Å²) in [5.41, 5.74) is 7.93. The molecule has 0 saturated heterocycles. The maximum atomic E-state index is 5.78. The van der Waals surface area contributed by atoms with E-state index in [0.717, 1.165) is 15.7 Å². The first-order chi connectivity index (χ1) is 7.58. The highest BCUT2D eigenvalue weighted by molar-refractivity contribution is 9.10. The predicted octanol–water partition coefficient (Wildman–Crippen LogP) is 4.28. The van der Waals surface area contributed by atoms with Gasteiger partial charge in [0.05, 0.1) is 5.69 Å². The van der Waals surface area contributed by atoms with E-state index in [1.807, 2.05) is 12.1 Å². The number of benzene rings is 1. The highest BCUT2D eigenvalue weighted by atomic mass is 79.9.